The molecule has 4 aromatic rings. The van der Waals surface area contributed by atoms with Crippen molar-refractivity contribution in [2.75, 3.05) is 7.11 Å². The lowest BCUT2D eigenvalue weighted by Gasteiger charge is -2.13. The average Bonchev–Trinajstić information content (AvgIpc) is 3.10. The summed E-state index contributed by atoms with van der Waals surface area (Å²) < 4.78 is 56.8. The van der Waals surface area contributed by atoms with Crippen LogP contribution in [0.25, 0.3) is 22.0 Å². The van der Waals surface area contributed by atoms with Crippen LogP contribution in [0.4, 0.5) is 13.2 Å². The maximum absolute atomic E-state index is 13.3. The molecule has 0 aliphatic rings. The lowest BCUT2D eigenvalue weighted by Crippen LogP contribution is -2.22. The summed E-state index contributed by atoms with van der Waals surface area (Å²) in [6.07, 6.45) is -5.88. The van der Waals surface area contributed by atoms with Crippen molar-refractivity contribution in [1.82, 2.24) is 4.57 Å². The monoisotopic (exact) mass is 499 g/mol. The summed E-state index contributed by atoms with van der Waals surface area (Å²) >= 11 is 0. The summed E-state index contributed by atoms with van der Waals surface area (Å²) in [5, 5.41) is 9.46. The largest absolute Gasteiger partial charge is 0.573 e. The zero-order valence-corrected chi connectivity index (χ0v) is 19.8. The molecule has 0 spiro atoms. The number of aliphatic carboxylic acids is 1. The van der Waals surface area contributed by atoms with E-state index in [9.17, 15) is 18.0 Å². The zero-order chi connectivity index (χ0) is 26.0. The van der Waals surface area contributed by atoms with Crippen LogP contribution in [0.5, 0.6) is 17.2 Å². The number of fused-ring (bicyclic) bond motifs is 1. The molecule has 0 aliphatic carbocycles. The fourth-order valence-electron chi connectivity index (χ4n) is 4.17. The fourth-order valence-corrected chi connectivity index (χ4v) is 4.17. The highest BCUT2D eigenvalue weighted by atomic mass is 19.4. The highest BCUT2D eigenvalue weighted by Crippen LogP contribution is 2.42. The Balaban J connectivity index is 1.85. The number of hydrogen-bond donors (Lipinski definition) is 1. The van der Waals surface area contributed by atoms with Crippen molar-refractivity contribution in [3.8, 4) is 28.4 Å². The van der Waals surface area contributed by atoms with Gasteiger partial charge in [0.1, 0.15) is 17.2 Å². The zero-order valence-electron chi connectivity index (χ0n) is 19.8. The fraction of sp³-hybridized carbons (Fsp3) is 0.222. The Kier molecular flexibility index (Phi) is 6.83. The Hall–Kier alpha value is -4.14. The molecule has 6 nitrogen and oxygen atoms in total. The first kappa shape index (κ1) is 25.0. The first-order chi connectivity index (χ1) is 17.1. The van der Waals surface area contributed by atoms with Crippen LogP contribution in [0, 0.1) is 6.92 Å². The van der Waals surface area contributed by atoms with Gasteiger partial charge in [0.15, 0.2) is 6.10 Å². The van der Waals surface area contributed by atoms with Crippen LogP contribution in [0.2, 0.25) is 0 Å². The molecule has 0 unspecified atom stereocenters. The first-order valence-electron chi connectivity index (χ1n) is 11.1. The van der Waals surface area contributed by atoms with Gasteiger partial charge in [0.05, 0.1) is 18.0 Å². The lowest BCUT2D eigenvalue weighted by atomic mass is 10.0. The van der Waals surface area contributed by atoms with E-state index in [1.807, 2.05) is 17.6 Å². The van der Waals surface area contributed by atoms with Gasteiger partial charge in [-0.15, -0.1) is 13.2 Å². The third kappa shape index (κ3) is 5.25. The van der Waals surface area contributed by atoms with E-state index in [2.05, 4.69) is 4.74 Å². The van der Waals surface area contributed by atoms with E-state index in [0.717, 1.165) is 11.3 Å². The Morgan fingerprint density at radius 2 is 1.72 bits per heavy atom. The van der Waals surface area contributed by atoms with Crippen molar-refractivity contribution >= 4 is 16.9 Å². The SMILES string of the molecule is COc1ccc(-c2c(C)n(Cc3cccc(O[C@@H](C)C(=O)O)c3)c3cccc(OC(F)(F)F)c23)cc1. The molecule has 1 atom stereocenters. The van der Waals surface area contributed by atoms with E-state index in [-0.39, 0.29) is 5.75 Å². The summed E-state index contributed by atoms with van der Waals surface area (Å²) in [6, 6.07) is 18.6. The molecular formula is C27H24F3NO5. The number of nitrogens with zero attached hydrogens (tertiary/aromatic N) is 1. The number of rotatable bonds is 8. The van der Waals surface area contributed by atoms with Gasteiger partial charge in [-0.25, -0.2) is 4.79 Å². The van der Waals surface area contributed by atoms with Crippen LogP contribution in [0.3, 0.4) is 0 Å². The van der Waals surface area contributed by atoms with Gasteiger partial charge >= 0.3 is 12.3 Å². The lowest BCUT2D eigenvalue weighted by molar-refractivity contribution is -0.274. The van der Waals surface area contributed by atoms with E-state index < -0.39 is 18.4 Å². The van der Waals surface area contributed by atoms with Crippen LogP contribution >= 0.6 is 0 Å². The number of ether oxygens (including phenoxy) is 3. The summed E-state index contributed by atoms with van der Waals surface area (Å²) in [4.78, 5) is 11.2. The van der Waals surface area contributed by atoms with Crippen molar-refractivity contribution in [2.45, 2.75) is 32.9 Å². The van der Waals surface area contributed by atoms with E-state index >= 15 is 0 Å². The minimum absolute atomic E-state index is 0.292. The third-order valence-corrected chi connectivity index (χ3v) is 5.82. The molecule has 0 saturated carbocycles. The molecule has 0 fully saturated rings. The van der Waals surface area contributed by atoms with E-state index in [1.54, 1.807) is 48.5 Å². The second-order valence-corrected chi connectivity index (χ2v) is 8.22. The van der Waals surface area contributed by atoms with Crippen LogP contribution < -0.4 is 14.2 Å². The number of carboxylic acid groups (broad SMARTS) is 1. The number of aromatic nitrogens is 1. The van der Waals surface area contributed by atoms with Gasteiger partial charge in [-0.3, -0.25) is 0 Å². The molecule has 0 aliphatic heterocycles. The maximum atomic E-state index is 13.3. The number of carbonyl (C=O) groups is 1. The number of carboxylic acids is 1. The molecule has 0 bridgehead atoms. The normalized spacial score (nSPS) is 12.4. The van der Waals surface area contributed by atoms with E-state index in [1.165, 1.54) is 26.2 Å². The minimum atomic E-state index is -4.85. The molecular weight excluding hydrogens is 475 g/mol. The number of hydrogen-bond acceptors (Lipinski definition) is 4. The van der Waals surface area contributed by atoms with Gasteiger partial charge in [0.25, 0.3) is 0 Å². The second kappa shape index (κ2) is 9.85. The van der Waals surface area contributed by atoms with E-state index in [4.69, 9.17) is 14.6 Å². The summed E-state index contributed by atoms with van der Waals surface area (Å²) in [6.45, 7) is 3.58. The number of halogens is 3. The first-order valence-corrected chi connectivity index (χ1v) is 11.1. The van der Waals surface area contributed by atoms with Crippen molar-refractivity contribution < 1.29 is 37.3 Å². The number of benzene rings is 3. The van der Waals surface area contributed by atoms with Gasteiger partial charge in [0.2, 0.25) is 0 Å². The highest BCUT2D eigenvalue weighted by Gasteiger charge is 2.33. The molecule has 1 aromatic heterocycles. The summed E-state index contributed by atoms with van der Waals surface area (Å²) in [5.41, 5.74) is 3.40. The molecule has 1 heterocycles. The van der Waals surface area contributed by atoms with Crippen molar-refractivity contribution in [3.05, 3.63) is 78.0 Å². The van der Waals surface area contributed by atoms with Crippen LogP contribution in [-0.4, -0.2) is 35.2 Å². The van der Waals surface area contributed by atoms with Crippen molar-refractivity contribution in [1.29, 1.82) is 0 Å². The van der Waals surface area contributed by atoms with Crippen LogP contribution in [0.1, 0.15) is 18.2 Å². The predicted molar refractivity (Wildman–Crippen MR) is 129 cm³/mol. The minimum Gasteiger partial charge on any atom is -0.497 e. The molecule has 0 amide bonds. The Morgan fingerprint density at radius 1 is 1.03 bits per heavy atom. The predicted octanol–water partition coefficient (Wildman–Crippen LogP) is 6.42. The molecule has 188 valence electrons. The topological polar surface area (TPSA) is 69.9 Å². The van der Waals surface area contributed by atoms with Crippen LogP contribution in [0.15, 0.2) is 66.7 Å². The molecule has 1 N–H and O–H groups in total. The molecule has 36 heavy (non-hydrogen) atoms. The molecule has 4 rings (SSSR count). The van der Waals surface area contributed by atoms with Gasteiger partial charge in [0, 0.05) is 17.8 Å². The Labute approximate surface area is 205 Å². The molecule has 3 aromatic carbocycles. The number of alkyl halides is 3. The maximum Gasteiger partial charge on any atom is 0.573 e. The molecule has 9 heteroatoms. The van der Waals surface area contributed by atoms with E-state index in [0.29, 0.717) is 40.1 Å². The van der Waals surface area contributed by atoms with Gasteiger partial charge in [-0.1, -0.05) is 30.3 Å². The number of methoxy groups -OCH3 is 1. The van der Waals surface area contributed by atoms with Crippen molar-refractivity contribution in [2.24, 2.45) is 0 Å². The average molecular weight is 499 g/mol. The molecule has 0 radical (unpaired) electrons. The summed E-state index contributed by atoms with van der Waals surface area (Å²) in [5.74, 6) is -0.374. The summed E-state index contributed by atoms with van der Waals surface area (Å²) in [7, 11) is 1.54. The Bertz CT molecular complexity index is 1390. The van der Waals surface area contributed by atoms with Crippen LogP contribution in [-0.2, 0) is 11.3 Å². The Morgan fingerprint density at radius 3 is 2.36 bits per heavy atom. The van der Waals surface area contributed by atoms with Gasteiger partial charge < -0.3 is 23.9 Å². The smallest absolute Gasteiger partial charge is 0.497 e. The standard InChI is InChI=1S/C27H24F3NO5/c1-16-24(19-10-12-20(34-3)13-11-19)25-22(8-5-9-23(25)36-27(28,29)30)31(16)15-18-6-4-7-21(14-18)35-17(2)26(32)33/h4-14,17H,15H2,1-3H3,(H,32,33)/t17-/m0/s1. The van der Waals surface area contributed by atoms with Crippen molar-refractivity contribution in [3.63, 3.8) is 0 Å². The highest BCUT2D eigenvalue weighted by molar-refractivity contribution is 6.02. The van der Waals surface area contributed by atoms with Gasteiger partial charge in [-0.2, -0.15) is 0 Å². The third-order valence-electron chi connectivity index (χ3n) is 5.82. The quantitative estimate of drug-likeness (QED) is 0.303. The second-order valence-electron chi connectivity index (χ2n) is 8.22. The van der Waals surface area contributed by atoms with Gasteiger partial charge in [-0.05, 0) is 61.4 Å². The molecule has 0 saturated heterocycles.